The summed E-state index contributed by atoms with van der Waals surface area (Å²) in [4.78, 5) is 73.0. The van der Waals surface area contributed by atoms with Crippen LogP contribution in [0, 0.1) is 11.8 Å². The van der Waals surface area contributed by atoms with Gasteiger partial charge in [0.15, 0.2) is 12.2 Å². The van der Waals surface area contributed by atoms with E-state index in [1.54, 1.807) is 0 Å². The van der Waals surface area contributed by atoms with Gasteiger partial charge in [0.05, 0.1) is 26.4 Å². The van der Waals surface area contributed by atoms with E-state index >= 15 is 0 Å². The second-order valence-corrected chi connectivity index (χ2v) is 32.3. The van der Waals surface area contributed by atoms with Gasteiger partial charge in [-0.1, -0.05) is 363 Å². The highest BCUT2D eigenvalue weighted by atomic mass is 31.2. The molecule has 0 amide bonds. The summed E-state index contributed by atoms with van der Waals surface area (Å²) in [6.07, 6.45) is 59.4. The van der Waals surface area contributed by atoms with Crippen LogP contribution in [0.2, 0.25) is 0 Å². The standard InChI is InChI=1S/C79H154O17P2/c1-7-9-11-13-15-17-19-21-26-33-39-45-51-57-63-78(83)95-74(67-89-76(81)61-55-49-43-37-31-20-18-16-14-12-10-8-2)69-93-97(85,86)91-65-73(80)66-92-98(87,88)94-70-75(96-79(84)64-58-52-46-40-34-28-23-25-30-36-42-48-54-60-72(5)6)68-90-77(82)62-56-50-44-38-32-27-22-24-29-35-41-47-53-59-71(3)4/h71-75,80H,7-70H2,1-6H3,(H,85,86)(H,87,88)/t73-,74+,75+/m0/s1. The van der Waals surface area contributed by atoms with Gasteiger partial charge in [0.1, 0.15) is 19.3 Å². The number of unbranched alkanes of at least 4 members (excludes halogenated alkanes) is 48. The molecule has 0 aromatic carbocycles. The Hall–Kier alpha value is -1.94. The van der Waals surface area contributed by atoms with E-state index in [0.717, 1.165) is 102 Å². The molecule has 3 N–H and O–H groups in total. The molecule has 17 nitrogen and oxygen atoms in total. The molecule has 0 aliphatic rings. The summed E-state index contributed by atoms with van der Waals surface area (Å²) >= 11 is 0. The van der Waals surface area contributed by atoms with Crippen LogP contribution in [0.25, 0.3) is 0 Å². The van der Waals surface area contributed by atoms with Gasteiger partial charge >= 0.3 is 39.5 Å². The second kappa shape index (κ2) is 70.7. The first-order valence-corrected chi connectivity index (χ1v) is 44.0. The topological polar surface area (TPSA) is 237 Å². The number of aliphatic hydroxyl groups is 1. The summed E-state index contributed by atoms with van der Waals surface area (Å²) in [6.45, 7) is 9.66. The van der Waals surface area contributed by atoms with Gasteiger partial charge in [-0.25, -0.2) is 9.13 Å². The van der Waals surface area contributed by atoms with Crippen molar-refractivity contribution in [1.29, 1.82) is 0 Å². The number of rotatable bonds is 78. The third-order valence-electron chi connectivity index (χ3n) is 18.5. The molecule has 98 heavy (non-hydrogen) atoms. The van der Waals surface area contributed by atoms with Crippen molar-refractivity contribution in [3.8, 4) is 0 Å². The zero-order valence-corrected chi connectivity index (χ0v) is 65.9. The Balaban J connectivity index is 5.26. The van der Waals surface area contributed by atoms with Crippen molar-refractivity contribution in [2.75, 3.05) is 39.6 Å². The molecule has 0 saturated heterocycles. The van der Waals surface area contributed by atoms with Crippen LogP contribution < -0.4 is 0 Å². The number of phosphoric ester groups is 2. The molecule has 0 bridgehead atoms. The summed E-state index contributed by atoms with van der Waals surface area (Å²) in [6, 6.07) is 0. The normalized spacial score (nSPS) is 13.9. The molecule has 0 aromatic heterocycles. The number of hydrogen-bond donors (Lipinski definition) is 3. The minimum atomic E-state index is -4.96. The Bertz CT molecular complexity index is 1890. The number of carbonyl (C=O) groups excluding carboxylic acids is 4. The van der Waals surface area contributed by atoms with E-state index in [-0.39, 0.29) is 25.7 Å². The molecule has 0 aromatic rings. The van der Waals surface area contributed by atoms with Gasteiger partial charge in [0, 0.05) is 25.7 Å². The average molecular weight is 1440 g/mol. The van der Waals surface area contributed by atoms with Crippen molar-refractivity contribution in [2.45, 2.75) is 432 Å². The fourth-order valence-corrected chi connectivity index (χ4v) is 13.8. The monoisotopic (exact) mass is 1440 g/mol. The number of aliphatic hydroxyl groups excluding tert-OH is 1. The molecule has 0 radical (unpaired) electrons. The largest absolute Gasteiger partial charge is 0.472 e. The molecule has 0 rings (SSSR count). The number of phosphoric acid groups is 2. The first-order chi connectivity index (χ1) is 47.4. The lowest BCUT2D eigenvalue weighted by molar-refractivity contribution is -0.161. The second-order valence-electron chi connectivity index (χ2n) is 29.4. The van der Waals surface area contributed by atoms with Crippen molar-refractivity contribution in [3.63, 3.8) is 0 Å². The molecular formula is C79H154O17P2. The molecule has 0 fully saturated rings. The SMILES string of the molecule is CCCCCCCCCCCCCCCCC(=O)O[C@H](COC(=O)CCCCCCCCCCCCCC)COP(=O)(O)OC[C@H](O)COP(=O)(O)OC[C@@H](COC(=O)CCCCCCCCCCCCCCCC(C)C)OC(=O)CCCCCCCCCCCCCCCC(C)C. The lowest BCUT2D eigenvalue weighted by Gasteiger charge is -2.21. The maximum Gasteiger partial charge on any atom is 0.472 e. The Morgan fingerprint density at radius 2 is 0.469 bits per heavy atom. The molecule has 0 aliphatic heterocycles. The maximum absolute atomic E-state index is 13.1. The first-order valence-electron chi connectivity index (χ1n) is 41.0. The third kappa shape index (κ3) is 72.4. The van der Waals surface area contributed by atoms with Crippen LogP contribution in [0.5, 0.6) is 0 Å². The lowest BCUT2D eigenvalue weighted by Crippen LogP contribution is -2.30. The fraction of sp³-hybridized carbons (Fsp3) is 0.949. The fourth-order valence-electron chi connectivity index (χ4n) is 12.2. The minimum Gasteiger partial charge on any atom is -0.462 e. The maximum atomic E-state index is 13.1. The average Bonchev–Trinajstić information content (AvgIpc) is 1.22. The third-order valence-corrected chi connectivity index (χ3v) is 20.4. The van der Waals surface area contributed by atoms with Gasteiger partial charge in [0.2, 0.25) is 0 Å². The van der Waals surface area contributed by atoms with Crippen molar-refractivity contribution < 1.29 is 80.2 Å². The smallest absolute Gasteiger partial charge is 0.462 e. The van der Waals surface area contributed by atoms with Crippen LogP contribution in [-0.2, 0) is 65.4 Å². The van der Waals surface area contributed by atoms with Gasteiger partial charge in [-0.15, -0.1) is 0 Å². The quantitative estimate of drug-likeness (QED) is 0.0222. The summed E-state index contributed by atoms with van der Waals surface area (Å²) in [5, 5.41) is 10.6. The predicted molar refractivity (Wildman–Crippen MR) is 400 cm³/mol. The van der Waals surface area contributed by atoms with Gasteiger partial charge in [0.25, 0.3) is 0 Å². The van der Waals surface area contributed by atoms with Crippen LogP contribution >= 0.6 is 15.6 Å². The van der Waals surface area contributed by atoms with Crippen LogP contribution in [-0.4, -0.2) is 96.7 Å². The summed E-state index contributed by atoms with van der Waals surface area (Å²) < 4.78 is 68.7. The van der Waals surface area contributed by atoms with Gasteiger partial charge in [-0.05, 0) is 37.5 Å². The van der Waals surface area contributed by atoms with E-state index in [9.17, 15) is 43.2 Å². The van der Waals surface area contributed by atoms with Crippen LogP contribution in [0.1, 0.15) is 414 Å². The highest BCUT2D eigenvalue weighted by Gasteiger charge is 2.30. The van der Waals surface area contributed by atoms with Crippen molar-refractivity contribution >= 4 is 39.5 Å². The van der Waals surface area contributed by atoms with Crippen molar-refractivity contribution in [1.82, 2.24) is 0 Å². The molecular weight excluding hydrogens is 1280 g/mol. The Kier molecular flexibility index (Phi) is 69.3. The van der Waals surface area contributed by atoms with Gasteiger partial charge in [-0.2, -0.15) is 0 Å². The Labute approximate surface area is 600 Å². The van der Waals surface area contributed by atoms with E-state index in [0.29, 0.717) is 25.7 Å². The molecule has 0 heterocycles. The minimum absolute atomic E-state index is 0.108. The first kappa shape index (κ1) is 96.1. The molecule has 19 heteroatoms. The highest BCUT2D eigenvalue weighted by Crippen LogP contribution is 2.45. The van der Waals surface area contributed by atoms with E-state index in [1.165, 1.54) is 231 Å². The lowest BCUT2D eigenvalue weighted by atomic mass is 10.0. The number of carbonyl (C=O) groups is 4. The van der Waals surface area contributed by atoms with Crippen LogP contribution in [0.3, 0.4) is 0 Å². The molecule has 2 unspecified atom stereocenters. The number of ether oxygens (including phenoxy) is 4. The van der Waals surface area contributed by atoms with Crippen LogP contribution in [0.15, 0.2) is 0 Å². The molecule has 0 aliphatic carbocycles. The highest BCUT2D eigenvalue weighted by molar-refractivity contribution is 7.47. The van der Waals surface area contributed by atoms with E-state index in [2.05, 4.69) is 41.5 Å². The zero-order valence-electron chi connectivity index (χ0n) is 64.1. The van der Waals surface area contributed by atoms with E-state index < -0.39 is 97.5 Å². The predicted octanol–water partition coefficient (Wildman–Crippen LogP) is 23.5. The Morgan fingerprint density at radius 1 is 0.276 bits per heavy atom. The molecule has 0 saturated carbocycles. The van der Waals surface area contributed by atoms with Gasteiger partial charge in [-0.3, -0.25) is 37.3 Å². The number of esters is 4. The van der Waals surface area contributed by atoms with Crippen LogP contribution in [0.4, 0.5) is 0 Å². The summed E-state index contributed by atoms with van der Waals surface area (Å²) in [5.74, 6) is -0.530. The number of hydrogen-bond acceptors (Lipinski definition) is 15. The van der Waals surface area contributed by atoms with E-state index in [4.69, 9.17) is 37.0 Å². The molecule has 0 spiro atoms. The summed E-state index contributed by atoms with van der Waals surface area (Å²) in [7, 11) is -9.92. The zero-order chi connectivity index (χ0) is 72.1. The Morgan fingerprint density at radius 3 is 0.694 bits per heavy atom. The molecule has 582 valence electrons. The van der Waals surface area contributed by atoms with Crippen molar-refractivity contribution in [2.24, 2.45) is 11.8 Å². The van der Waals surface area contributed by atoms with E-state index in [1.807, 2.05) is 0 Å². The molecule has 5 atom stereocenters. The van der Waals surface area contributed by atoms with Crippen molar-refractivity contribution in [3.05, 3.63) is 0 Å². The van der Waals surface area contributed by atoms with Gasteiger partial charge < -0.3 is 33.8 Å². The summed E-state index contributed by atoms with van der Waals surface area (Å²) in [5.41, 5.74) is 0.